The van der Waals surface area contributed by atoms with Gasteiger partial charge in [-0.25, -0.2) is 0 Å². The minimum atomic E-state index is -0.247. The summed E-state index contributed by atoms with van der Waals surface area (Å²) in [4.78, 5) is 24.0. The lowest BCUT2D eigenvalue weighted by molar-refractivity contribution is -0.870. The van der Waals surface area contributed by atoms with Crippen LogP contribution in [0, 0.1) is 23.7 Å². The zero-order chi connectivity index (χ0) is 13.8. The maximum absolute atomic E-state index is 12.2. The normalized spacial score (nSPS) is 39.5. The summed E-state index contributed by atoms with van der Waals surface area (Å²) in [6.07, 6.45) is 1.89. The average Bonchev–Trinajstić information content (AvgIpc) is 2.86. The fourth-order valence-corrected chi connectivity index (χ4v) is 3.84. The molecule has 1 saturated heterocycles. The highest BCUT2D eigenvalue weighted by atomic mass is 16.6. The van der Waals surface area contributed by atoms with Crippen molar-refractivity contribution in [2.24, 2.45) is 23.7 Å². The Morgan fingerprint density at radius 2 is 2.11 bits per heavy atom. The van der Waals surface area contributed by atoms with Crippen molar-refractivity contribution < 1.29 is 23.5 Å². The van der Waals surface area contributed by atoms with E-state index in [9.17, 15) is 9.59 Å². The molecule has 0 aromatic carbocycles. The van der Waals surface area contributed by atoms with Crippen LogP contribution in [-0.4, -0.2) is 56.8 Å². The van der Waals surface area contributed by atoms with Gasteiger partial charge in [0, 0.05) is 5.92 Å². The Morgan fingerprint density at radius 1 is 1.37 bits per heavy atom. The van der Waals surface area contributed by atoms with Crippen LogP contribution in [0.4, 0.5) is 0 Å². The number of hydrogen-bond donors (Lipinski definition) is 0. The van der Waals surface area contributed by atoms with Gasteiger partial charge in [-0.1, -0.05) is 0 Å². The third-order valence-electron chi connectivity index (χ3n) is 4.76. The third-order valence-corrected chi connectivity index (χ3v) is 4.76. The molecule has 1 heterocycles. The molecular formula is C14H22NO4+. The van der Waals surface area contributed by atoms with Crippen molar-refractivity contribution in [1.29, 1.82) is 0 Å². The van der Waals surface area contributed by atoms with Crippen LogP contribution < -0.4 is 0 Å². The third kappa shape index (κ3) is 2.14. The molecule has 0 aromatic heterocycles. The SMILES string of the molecule is C[N+](C)(C)CCOC(=O)[C@H]1[C@@H]2C[C@@H]3[C@@H]1C(=O)O[C@@H]3C2. The van der Waals surface area contributed by atoms with Crippen LogP contribution in [0.15, 0.2) is 0 Å². The summed E-state index contributed by atoms with van der Waals surface area (Å²) in [5, 5.41) is 0. The van der Waals surface area contributed by atoms with Gasteiger partial charge in [0.1, 0.15) is 19.3 Å². The number of carbonyl (C=O) groups excluding carboxylic acids is 2. The summed E-state index contributed by atoms with van der Waals surface area (Å²) >= 11 is 0. The molecule has 0 aromatic rings. The molecule has 3 aliphatic rings. The van der Waals surface area contributed by atoms with E-state index in [1.807, 2.05) is 0 Å². The Kier molecular flexibility index (Phi) is 2.85. The molecule has 5 nitrogen and oxygen atoms in total. The van der Waals surface area contributed by atoms with Gasteiger partial charge < -0.3 is 14.0 Å². The molecule has 19 heavy (non-hydrogen) atoms. The average molecular weight is 268 g/mol. The molecule has 3 fully saturated rings. The Morgan fingerprint density at radius 3 is 2.79 bits per heavy atom. The number of hydrogen-bond acceptors (Lipinski definition) is 4. The maximum Gasteiger partial charge on any atom is 0.310 e. The number of nitrogens with zero attached hydrogens (tertiary/aromatic N) is 1. The van der Waals surface area contributed by atoms with E-state index in [0.29, 0.717) is 12.5 Å². The molecule has 0 radical (unpaired) electrons. The standard InChI is InChI=1S/C14H22NO4/c1-15(2,3)4-5-18-13(16)11-8-6-9-10(7-8)19-14(17)12(9)11/h8-12H,4-7H2,1-3H3/q+1/t8-,9+,10-,11+,12+/m1/s1. The van der Waals surface area contributed by atoms with Gasteiger partial charge in [0.25, 0.3) is 0 Å². The van der Waals surface area contributed by atoms with Crippen molar-refractivity contribution in [1.82, 2.24) is 0 Å². The smallest absolute Gasteiger partial charge is 0.310 e. The first kappa shape index (κ1) is 12.9. The van der Waals surface area contributed by atoms with E-state index in [1.54, 1.807) is 0 Å². The molecule has 106 valence electrons. The maximum atomic E-state index is 12.2. The second-order valence-electron chi connectivity index (χ2n) is 7.10. The molecule has 5 heteroatoms. The topological polar surface area (TPSA) is 52.6 Å². The van der Waals surface area contributed by atoms with Gasteiger partial charge in [0.2, 0.25) is 0 Å². The van der Waals surface area contributed by atoms with Gasteiger partial charge in [-0.15, -0.1) is 0 Å². The number of fused-ring (bicyclic) bond motifs is 1. The highest BCUT2D eigenvalue weighted by molar-refractivity contribution is 5.85. The van der Waals surface area contributed by atoms with Crippen LogP contribution in [0.25, 0.3) is 0 Å². The molecule has 3 rings (SSSR count). The highest BCUT2D eigenvalue weighted by Crippen LogP contribution is 2.57. The molecule has 2 saturated carbocycles. The Bertz CT molecular complexity index is 412. The molecule has 2 bridgehead atoms. The summed E-state index contributed by atoms with van der Waals surface area (Å²) in [5.74, 6) is -0.271. The van der Waals surface area contributed by atoms with Crippen LogP contribution in [-0.2, 0) is 19.1 Å². The number of quaternary nitrogens is 1. The zero-order valence-electron chi connectivity index (χ0n) is 11.8. The first-order valence-corrected chi connectivity index (χ1v) is 7.04. The van der Waals surface area contributed by atoms with E-state index in [2.05, 4.69) is 21.1 Å². The van der Waals surface area contributed by atoms with Crippen LogP contribution in [0.5, 0.6) is 0 Å². The zero-order valence-corrected chi connectivity index (χ0v) is 11.8. The number of likely N-dealkylation sites (N-methyl/N-ethyl adjacent to an activating group) is 1. The van der Waals surface area contributed by atoms with Gasteiger partial charge in [-0.3, -0.25) is 9.59 Å². The summed E-state index contributed by atoms with van der Waals surface area (Å²) < 4.78 is 11.5. The van der Waals surface area contributed by atoms with Crippen molar-refractivity contribution in [3.8, 4) is 0 Å². The molecule has 0 unspecified atom stereocenters. The number of rotatable bonds is 4. The Labute approximate surface area is 113 Å². The minimum Gasteiger partial charge on any atom is -0.462 e. The largest absolute Gasteiger partial charge is 0.462 e. The van der Waals surface area contributed by atoms with E-state index >= 15 is 0 Å². The van der Waals surface area contributed by atoms with Crippen molar-refractivity contribution in [3.05, 3.63) is 0 Å². The predicted molar refractivity (Wildman–Crippen MR) is 66.9 cm³/mol. The molecule has 0 N–H and O–H groups in total. The summed E-state index contributed by atoms with van der Waals surface area (Å²) in [7, 11) is 6.18. The van der Waals surface area contributed by atoms with Crippen LogP contribution in [0.3, 0.4) is 0 Å². The summed E-state index contributed by atoms with van der Waals surface area (Å²) in [5.41, 5.74) is 0. The summed E-state index contributed by atoms with van der Waals surface area (Å²) in [6.45, 7) is 1.20. The fourth-order valence-electron chi connectivity index (χ4n) is 3.84. The van der Waals surface area contributed by atoms with Crippen molar-refractivity contribution in [2.75, 3.05) is 34.3 Å². The second-order valence-corrected chi connectivity index (χ2v) is 7.10. The number of ether oxygens (including phenoxy) is 2. The van der Waals surface area contributed by atoms with Gasteiger partial charge in [0.05, 0.1) is 33.0 Å². The molecule has 2 aliphatic carbocycles. The number of esters is 2. The van der Waals surface area contributed by atoms with Crippen molar-refractivity contribution in [2.45, 2.75) is 18.9 Å². The lowest BCUT2D eigenvalue weighted by atomic mass is 9.80. The van der Waals surface area contributed by atoms with E-state index in [1.165, 1.54) is 0 Å². The second kappa shape index (κ2) is 4.20. The van der Waals surface area contributed by atoms with Gasteiger partial charge >= 0.3 is 11.9 Å². The van der Waals surface area contributed by atoms with E-state index in [4.69, 9.17) is 9.47 Å². The predicted octanol–water partition coefficient (Wildman–Crippen LogP) is 0.433. The van der Waals surface area contributed by atoms with E-state index < -0.39 is 0 Å². The molecule has 0 spiro atoms. The van der Waals surface area contributed by atoms with Gasteiger partial charge in [-0.2, -0.15) is 0 Å². The van der Waals surface area contributed by atoms with Gasteiger partial charge in [-0.05, 0) is 18.8 Å². The Hall–Kier alpha value is -1.10. The van der Waals surface area contributed by atoms with E-state index in [0.717, 1.165) is 23.9 Å². The first-order valence-electron chi connectivity index (χ1n) is 7.04. The minimum absolute atomic E-state index is 0.0813. The van der Waals surface area contributed by atoms with Crippen LogP contribution >= 0.6 is 0 Å². The van der Waals surface area contributed by atoms with Crippen molar-refractivity contribution in [3.63, 3.8) is 0 Å². The molecule has 0 amide bonds. The van der Waals surface area contributed by atoms with Crippen LogP contribution in [0.1, 0.15) is 12.8 Å². The highest BCUT2D eigenvalue weighted by Gasteiger charge is 2.64. The quantitative estimate of drug-likeness (QED) is 0.548. The summed E-state index contributed by atoms with van der Waals surface area (Å²) in [6, 6.07) is 0. The van der Waals surface area contributed by atoms with E-state index in [-0.39, 0.29) is 35.8 Å². The lowest BCUT2D eigenvalue weighted by Gasteiger charge is -2.25. The monoisotopic (exact) mass is 268 g/mol. The molecule has 5 atom stereocenters. The lowest BCUT2D eigenvalue weighted by Crippen LogP contribution is -2.39. The van der Waals surface area contributed by atoms with Crippen molar-refractivity contribution >= 4 is 11.9 Å². The number of carbonyl (C=O) groups is 2. The Balaban J connectivity index is 1.60. The molecule has 1 aliphatic heterocycles. The first-order chi connectivity index (χ1) is 8.87. The fraction of sp³-hybridized carbons (Fsp3) is 0.857. The van der Waals surface area contributed by atoms with Crippen LogP contribution in [0.2, 0.25) is 0 Å². The molecular weight excluding hydrogens is 246 g/mol. The van der Waals surface area contributed by atoms with Gasteiger partial charge in [0.15, 0.2) is 0 Å².